The number of carboxylic acid groups (broad SMARTS) is 1. The second kappa shape index (κ2) is 6.80. The molecule has 4 heteroatoms. The monoisotopic (exact) mass is 307 g/mol. The Balaban J connectivity index is 2.25. The molecule has 0 aliphatic rings. The number of ether oxygens (including phenoxy) is 1. The molecule has 2 rings (SSSR count). The quantitative estimate of drug-likeness (QED) is 0.671. The molecule has 116 valence electrons. The number of nitriles is 1. The molecule has 23 heavy (non-hydrogen) atoms. The molecule has 0 aliphatic carbocycles. The van der Waals surface area contributed by atoms with Crippen LogP contribution in [0.4, 0.5) is 0 Å². The summed E-state index contributed by atoms with van der Waals surface area (Å²) < 4.78 is 5.90. The minimum atomic E-state index is -1.24. The fraction of sp³-hybridized carbons (Fsp3) is 0.158. The topological polar surface area (TPSA) is 70.3 Å². The van der Waals surface area contributed by atoms with Gasteiger partial charge in [0.15, 0.2) is 0 Å². The molecule has 0 saturated carbocycles. The van der Waals surface area contributed by atoms with Crippen LogP contribution in [-0.2, 0) is 4.79 Å². The van der Waals surface area contributed by atoms with E-state index in [2.05, 4.69) is 6.07 Å². The van der Waals surface area contributed by atoms with E-state index >= 15 is 0 Å². The van der Waals surface area contributed by atoms with E-state index in [1.54, 1.807) is 30.3 Å². The van der Waals surface area contributed by atoms with Gasteiger partial charge < -0.3 is 9.84 Å². The predicted octanol–water partition coefficient (Wildman–Crippen LogP) is 4.40. The molecular formula is C19H17NO3. The Morgan fingerprint density at radius 2 is 1.83 bits per heavy atom. The van der Waals surface area contributed by atoms with Gasteiger partial charge in [-0.2, -0.15) is 5.26 Å². The average molecular weight is 307 g/mol. The Hall–Kier alpha value is -3.06. The third-order valence-electron chi connectivity index (χ3n) is 3.53. The fourth-order valence-corrected chi connectivity index (χ4v) is 2.17. The van der Waals surface area contributed by atoms with Crippen molar-refractivity contribution in [2.24, 2.45) is 0 Å². The van der Waals surface area contributed by atoms with E-state index in [1.165, 1.54) is 11.6 Å². The van der Waals surface area contributed by atoms with Crippen molar-refractivity contribution in [3.05, 3.63) is 64.2 Å². The van der Waals surface area contributed by atoms with Crippen LogP contribution in [0.25, 0.3) is 6.08 Å². The Bertz CT molecular complexity index is 812. The van der Waals surface area contributed by atoms with Crippen LogP contribution in [0.5, 0.6) is 11.5 Å². The lowest BCUT2D eigenvalue weighted by Crippen LogP contribution is -1.97. The number of nitrogens with zero attached hydrogens (tertiary/aromatic N) is 1. The van der Waals surface area contributed by atoms with Crippen LogP contribution < -0.4 is 4.74 Å². The highest BCUT2D eigenvalue weighted by Crippen LogP contribution is 2.28. The number of benzene rings is 2. The van der Waals surface area contributed by atoms with Crippen molar-refractivity contribution in [3.8, 4) is 17.6 Å². The second-order valence-electron chi connectivity index (χ2n) is 5.35. The minimum absolute atomic E-state index is 0.302. The Kier molecular flexibility index (Phi) is 4.82. The lowest BCUT2D eigenvalue weighted by molar-refractivity contribution is -0.132. The summed E-state index contributed by atoms with van der Waals surface area (Å²) in [5, 5.41) is 17.6. The molecule has 2 aromatic rings. The van der Waals surface area contributed by atoms with Gasteiger partial charge >= 0.3 is 5.97 Å². The highest BCUT2D eigenvalue weighted by molar-refractivity contribution is 5.96. The summed E-state index contributed by atoms with van der Waals surface area (Å²) in [6, 6.07) is 12.7. The standard InChI is InChI=1S/C19H17NO3/c1-12-8-13(2)14(3)18(9-12)23-17-6-4-15(5-7-17)10-16(11-20)19(21)22/h4-10H,1-3H3,(H,21,22). The zero-order chi connectivity index (χ0) is 17.0. The molecule has 0 aliphatic heterocycles. The summed E-state index contributed by atoms with van der Waals surface area (Å²) >= 11 is 0. The van der Waals surface area contributed by atoms with Crippen LogP contribution in [0.2, 0.25) is 0 Å². The van der Waals surface area contributed by atoms with Gasteiger partial charge in [0.2, 0.25) is 0 Å². The maximum absolute atomic E-state index is 10.8. The largest absolute Gasteiger partial charge is 0.477 e. The number of rotatable bonds is 4. The van der Waals surface area contributed by atoms with Gasteiger partial charge in [-0.1, -0.05) is 18.2 Å². The van der Waals surface area contributed by atoms with E-state index in [9.17, 15) is 4.79 Å². The van der Waals surface area contributed by atoms with Gasteiger partial charge in [0.25, 0.3) is 0 Å². The molecule has 4 nitrogen and oxygen atoms in total. The maximum Gasteiger partial charge on any atom is 0.346 e. The Labute approximate surface area is 135 Å². The number of carbonyl (C=O) groups is 1. The smallest absolute Gasteiger partial charge is 0.346 e. The first-order chi connectivity index (χ1) is 10.9. The SMILES string of the molecule is Cc1cc(C)c(C)c(Oc2ccc(C=C(C#N)C(=O)O)cc2)c1. The molecule has 2 aromatic carbocycles. The van der Waals surface area contributed by atoms with E-state index < -0.39 is 5.97 Å². The minimum Gasteiger partial charge on any atom is -0.477 e. The van der Waals surface area contributed by atoms with Crippen LogP contribution in [0.15, 0.2) is 42.0 Å². The van der Waals surface area contributed by atoms with Gasteiger partial charge in [-0.05, 0) is 67.3 Å². The molecule has 0 amide bonds. The maximum atomic E-state index is 10.8. The third kappa shape index (κ3) is 3.98. The number of carboxylic acids is 1. The molecule has 0 saturated heterocycles. The normalized spacial score (nSPS) is 11.0. The van der Waals surface area contributed by atoms with Crippen molar-refractivity contribution in [2.45, 2.75) is 20.8 Å². The summed E-state index contributed by atoms with van der Waals surface area (Å²) in [4.78, 5) is 10.8. The highest BCUT2D eigenvalue weighted by Gasteiger charge is 2.07. The molecule has 0 fully saturated rings. The molecule has 0 spiro atoms. The zero-order valence-electron chi connectivity index (χ0n) is 13.3. The molecular weight excluding hydrogens is 290 g/mol. The Morgan fingerprint density at radius 3 is 2.39 bits per heavy atom. The molecule has 0 unspecified atom stereocenters. The van der Waals surface area contributed by atoms with Gasteiger partial charge in [0.1, 0.15) is 23.1 Å². The summed E-state index contributed by atoms with van der Waals surface area (Å²) in [6.07, 6.45) is 1.33. The molecule has 0 aromatic heterocycles. The summed E-state index contributed by atoms with van der Waals surface area (Å²) in [6.45, 7) is 6.06. The van der Waals surface area contributed by atoms with Gasteiger partial charge in [-0.25, -0.2) is 4.79 Å². The molecule has 0 radical (unpaired) electrons. The average Bonchev–Trinajstić information content (AvgIpc) is 2.51. The first-order valence-electron chi connectivity index (χ1n) is 7.11. The third-order valence-corrected chi connectivity index (χ3v) is 3.53. The van der Waals surface area contributed by atoms with Crippen molar-refractivity contribution in [2.75, 3.05) is 0 Å². The van der Waals surface area contributed by atoms with Crippen LogP contribution in [0.1, 0.15) is 22.3 Å². The van der Waals surface area contributed by atoms with E-state index in [0.717, 1.165) is 16.9 Å². The fourth-order valence-electron chi connectivity index (χ4n) is 2.17. The van der Waals surface area contributed by atoms with Gasteiger partial charge in [0.05, 0.1) is 0 Å². The number of hydrogen-bond acceptors (Lipinski definition) is 3. The summed E-state index contributed by atoms with van der Waals surface area (Å²) in [5.74, 6) is 0.219. The lowest BCUT2D eigenvalue weighted by atomic mass is 10.1. The molecule has 0 atom stereocenters. The number of aryl methyl sites for hydroxylation is 2. The van der Waals surface area contributed by atoms with Gasteiger partial charge in [-0.15, -0.1) is 0 Å². The molecule has 1 N–H and O–H groups in total. The summed E-state index contributed by atoms with van der Waals surface area (Å²) in [5.41, 5.74) is 3.71. The lowest BCUT2D eigenvalue weighted by Gasteiger charge is -2.12. The first kappa shape index (κ1) is 16.3. The van der Waals surface area contributed by atoms with E-state index in [1.807, 2.05) is 26.8 Å². The van der Waals surface area contributed by atoms with Crippen LogP contribution in [0.3, 0.4) is 0 Å². The summed E-state index contributed by atoms with van der Waals surface area (Å²) in [7, 11) is 0. The first-order valence-corrected chi connectivity index (χ1v) is 7.11. The van der Waals surface area contributed by atoms with Crippen molar-refractivity contribution >= 4 is 12.0 Å². The Morgan fingerprint density at radius 1 is 1.17 bits per heavy atom. The van der Waals surface area contributed by atoms with Crippen LogP contribution >= 0.6 is 0 Å². The second-order valence-corrected chi connectivity index (χ2v) is 5.35. The van der Waals surface area contributed by atoms with E-state index in [0.29, 0.717) is 11.3 Å². The number of aliphatic carboxylic acids is 1. The van der Waals surface area contributed by atoms with Crippen molar-refractivity contribution in [3.63, 3.8) is 0 Å². The van der Waals surface area contributed by atoms with Gasteiger partial charge in [-0.3, -0.25) is 0 Å². The highest BCUT2D eigenvalue weighted by atomic mass is 16.5. The van der Waals surface area contributed by atoms with Crippen molar-refractivity contribution in [1.29, 1.82) is 5.26 Å². The molecule has 0 bridgehead atoms. The van der Waals surface area contributed by atoms with Crippen molar-refractivity contribution in [1.82, 2.24) is 0 Å². The van der Waals surface area contributed by atoms with Gasteiger partial charge in [0, 0.05) is 0 Å². The van der Waals surface area contributed by atoms with Crippen LogP contribution in [0, 0.1) is 32.1 Å². The zero-order valence-corrected chi connectivity index (χ0v) is 13.3. The predicted molar refractivity (Wildman–Crippen MR) is 88.4 cm³/mol. The van der Waals surface area contributed by atoms with Crippen molar-refractivity contribution < 1.29 is 14.6 Å². The van der Waals surface area contributed by atoms with E-state index in [-0.39, 0.29) is 5.57 Å². The molecule has 0 heterocycles. The van der Waals surface area contributed by atoms with Crippen LogP contribution in [-0.4, -0.2) is 11.1 Å². The van der Waals surface area contributed by atoms with E-state index in [4.69, 9.17) is 15.1 Å². The number of hydrogen-bond donors (Lipinski definition) is 1.